The van der Waals surface area contributed by atoms with Crippen molar-refractivity contribution in [2.45, 2.75) is 39.5 Å². The van der Waals surface area contributed by atoms with Gasteiger partial charge in [0.2, 0.25) is 0 Å². The van der Waals surface area contributed by atoms with Crippen LogP contribution in [0.3, 0.4) is 0 Å². The molecular formula is C25H29N3O2. The molecule has 1 fully saturated rings. The number of nitrogens with zero attached hydrogens (tertiary/aromatic N) is 2. The molecular weight excluding hydrogens is 374 g/mol. The molecule has 4 rings (SSSR count). The van der Waals surface area contributed by atoms with E-state index in [0.717, 1.165) is 47.4 Å². The largest absolute Gasteiger partial charge is 0.494 e. The third kappa shape index (κ3) is 3.84. The van der Waals surface area contributed by atoms with Crippen LogP contribution < -0.4 is 15.0 Å². The summed E-state index contributed by atoms with van der Waals surface area (Å²) in [5.74, 6) is 0.801. The van der Waals surface area contributed by atoms with Gasteiger partial charge in [0.05, 0.1) is 18.4 Å². The third-order valence-electron chi connectivity index (χ3n) is 5.80. The van der Waals surface area contributed by atoms with Gasteiger partial charge in [-0.1, -0.05) is 19.1 Å². The second-order valence-corrected chi connectivity index (χ2v) is 7.89. The van der Waals surface area contributed by atoms with Gasteiger partial charge in [0.1, 0.15) is 11.3 Å². The second-order valence-electron chi connectivity index (χ2n) is 7.89. The molecule has 1 aromatic heterocycles. The maximum Gasteiger partial charge on any atom is 0.166 e. The first-order valence-electron chi connectivity index (χ1n) is 10.7. The standard InChI is InChI=1S/C25H29N3O2/c1-4-8-22(29)20-16-26-25-19(9-7-10-23(25)30-3)24(20)27-21-12-11-18(15-17(21)2)28-13-5-6-14-28/h7,9-12,15-16H,4-6,8,13-14H2,1-3H3,(H,26,27). The van der Waals surface area contributed by atoms with Crippen molar-refractivity contribution in [1.29, 1.82) is 0 Å². The van der Waals surface area contributed by atoms with E-state index in [1.165, 1.54) is 18.5 Å². The van der Waals surface area contributed by atoms with E-state index >= 15 is 0 Å². The lowest BCUT2D eigenvalue weighted by Crippen LogP contribution is -2.17. The topological polar surface area (TPSA) is 54.5 Å². The van der Waals surface area contributed by atoms with Crippen molar-refractivity contribution in [2.75, 3.05) is 30.4 Å². The summed E-state index contributed by atoms with van der Waals surface area (Å²) in [5.41, 5.74) is 5.59. The van der Waals surface area contributed by atoms with E-state index < -0.39 is 0 Å². The Morgan fingerprint density at radius 3 is 2.70 bits per heavy atom. The summed E-state index contributed by atoms with van der Waals surface area (Å²) in [5, 5.41) is 4.45. The minimum absolute atomic E-state index is 0.101. The number of benzene rings is 2. The molecule has 5 nitrogen and oxygen atoms in total. The van der Waals surface area contributed by atoms with Gasteiger partial charge in [-0.2, -0.15) is 0 Å². The Bertz CT molecular complexity index is 1070. The molecule has 0 unspecified atom stereocenters. The van der Waals surface area contributed by atoms with Crippen LogP contribution in [-0.4, -0.2) is 31.0 Å². The number of rotatable bonds is 7. The summed E-state index contributed by atoms with van der Waals surface area (Å²) in [6.07, 6.45) is 5.50. The lowest BCUT2D eigenvalue weighted by molar-refractivity contribution is 0.0982. The molecule has 2 aromatic carbocycles. The van der Waals surface area contributed by atoms with Crippen molar-refractivity contribution in [3.05, 3.63) is 53.7 Å². The van der Waals surface area contributed by atoms with Crippen LogP contribution in [0.2, 0.25) is 0 Å². The number of hydrogen-bond donors (Lipinski definition) is 1. The molecule has 30 heavy (non-hydrogen) atoms. The van der Waals surface area contributed by atoms with Crippen LogP contribution in [0.25, 0.3) is 10.9 Å². The fourth-order valence-corrected chi connectivity index (χ4v) is 4.16. The average molecular weight is 404 g/mol. The predicted octanol–water partition coefficient (Wildman–Crippen LogP) is 5.88. The van der Waals surface area contributed by atoms with Crippen LogP contribution in [0.5, 0.6) is 5.75 Å². The summed E-state index contributed by atoms with van der Waals surface area (Å²) in [6, 6.07) is 12.3. The van der Waals surface area contributed by atoms with E-state index in [2.05, 4.69) is 40.3 Å². The summed E-state index contributed by atoms with van der Waals surface area (Å²) in [7, 11) is 1.64. The highest BCUT2D eigenvalue weighted by Crippen LogP contribution is 2.35. The van der Waals surface area contributed by atoms with Gasteiger partial charge in [-0.3, -0.25) is 9.78 Å². The summed E-state index contributed by atoms with van der Waals surface area (Å²) in [4.78, 5) is 19.8. The molecule has 1 aliphatic heterocycles. The first-order chi connectivity index (χ1) is 14.6. The van der Waals surface area contributed by atoms with Gasteiger partial charge in [-0.05, 0) is 56.0 Å². The fraction of sp³-hybridized carbons (Fsp3) is 0.360. The zero-order chi connectivity index (χ0) is 21.1. The maximum absolute atomic E-state index is 12.8. The first-order valence-corrected chi connectivity index (χ1v) is 10.7. The summed E-state index contributed by atoms with van der Waals surface area (Å²) < 4.78 is 5.50. The number of aryl methyl sites for hydroxylation is 1. The lowest BCUT2D eigenvalue weighted by Gasteiger charge is -2.21. The van der Waals surface area contributed by atoms with Gasteiger partial charge in [0, 0.05) is 42.5 Å². The number of nitrogens with one attached hydrogen (secondary N) is 1. The molecule has 1 saturated heterocycles. The molecule has 156 valence electrons. The van der Waals surface area contributed by atoms with Gasteiger partial charge < -0.3 is 15.0 Å². The maximum atomic E-state index is 12.8. The number of ether oxygens (including phenoxy) is 1. The van der Waals surface area contributed by atoms with Crippen molar-refractivity contribution in [3.63, 3.8) is 0 Å². The number of methoxy groups -OCH3 is 1. The monoisotopic (exact) mass is 403 g/mol. The predicted molar refractivity (Wildman–Crippen MR) is 123 cm³/mol. The zero-order valence-electron chi connectivity index (χ0n) is 18.0. The molecule has 0 spiro atoms. The van der Waals surface area contributed by atoms with Crippen LogP contribution in [-0.2, 0) is 0 Å². The summed E-state index contributed by atoms with van der Waals surface area (Å²) >= 11 is 0. The molecule has 0 saturated carbocycles. The highest BCUT2D eigenvalue weighted by Gasteiger charge is 2.18. The number of para-hydroxylation sites is 1. The Morgan fingerprint density at radius 1 is 1.20 bits per heavy atom. The third-order valence-corrected chi connectivity index (χ3v) is 5.80. The Hall–Kier alpha value is -3.08. The van der Waals surface area contributed by atoms with Gasteiger partial charge >= 0.3 is 0 Å². The van der Waals surface area contributed by atoms with Gasteiger partial charge in [-0.25, -0.2) is 0 Å². The van der Waals surface area contributed by atoms with E-state index in [1.54, 1.807) is 13.3 Å². The number of fused-ring (bicyclic) bond motifs is 1. The minimum Gasteiger partial charge on any atom is -0.494 e. The van der Waals surface area contributed by atoms with Crippen LogP contribution in [0.4, 0.5) is 17.1 Å². The Kier molecular flexibility index (Phi) is 5.88. The smallest absolute Gasteiger partial charge is 0.166 e. The average Bonchev–Trinajstić information content (AvgIpc) is 3.30. The van der Waals surface area contributed by atoms with Gasteiger partial charge in [0.15, 0.2) is 5.78 Å². The molecule has 0 radical (unpaired) electrons. The van der Waals surface area contributed by atoms with Gasteiger partial charge in [-0.15, -0.1) is 0 Å². The van der Waals surface area contributed by atoms with E-state index in [0.29, 0.717) is 17.7 Å². The molecule has 0 amide bonds. The van der Waals surface area contributed by atoms with Crippen molar-refractivity contribution in [1.82, 2.24) is 4.98 Å². The normalized spacial score (nSPS) is 13.6. The molecule has 2 heterocycles. The number of carbonyl (C=O) groups is 1. The molecule has 3 aromatic rings. The highest BCUT2D eigenvalue weighted by atomic mass is 16.5. The molecule has 5 heteroatoms. The van der Waals surface area contributed by atoms with Crippen LogP contribution in [0.1, 0.15) is 48.5 Å². The minimum atomic E-state index is 0.101. The summed E-state index contributed by atoms with van der Waals surface area (Å²) in [6.45, 7) is 6.37. The van der Waals surface area contributed by atoms with Crippen molar-refractivity contribution in [2.24, 2.45) is 0 Å². The second kappa shape index (κ2) is 8.74. The number of hydrogen-bond acceptors (Lipinski definition) is 5. The van der Waals surface area contributed by atoms with Crippen molar-refractivity contribution < 1.29 is 9.53 Å². The van der Waals surface area contributed by atoms with Crippen molar-refractivity contribution >= 4 is 33.7 Å². The number of ketones is 1. The number of Topliss-reactive ketones (excluding diaryl/α,β-unsaturated/α-hetero) is 1. The zero-order valence-corrected chi connectivity index (χ0v) is 18.0. The van der Waals surface area contributed by atoms with Crippen LogP contribution in [0, 0.1) is 6.92 Å². The quantitative estimate of drug-likeness (QED) is 0.499. The van der Waals surface area contributed by atoms with E-state index in [1.807, 2.05) is 25.1 Å². The van der Waals surface area contributed by atoms with E-state index in [9.17, 15) is 4.79 Å². The number of carbonyl (C=O) groups excluding carboxylic acids is 1. The Morgan fingerprint density at radius 2 is 2.00 bits per heavy atom. The van der Waals surface area contributed by atoms with Crippen LogP contribution in [0.15, 0.2) is 42.6 Å². The molecule has 0 atom stereocenters. The van der Waals surface area contributed by atoms with Crippen molar-refractivity contribution in [3.8, 4) is 5.75 Å². The molecule has 1 N–H and O–H groups in total. The fourth-order valence-electron chi connectivity index (χ4n) is 4.16. The molecule has 1 aliphatic rings. The number of anilines is 3. The molecule has 0 bridgehead atoms. The SMILES string of the molecule is CCCC(=O)c1cnc2c(OC)cccc2c1Nc1ccc(N2CCCC2)cc1C. The lowest BCUT2D eigenvalue weighted by atomic mass is 10.0. The Labute approximate surface area is 178 Å². The number of aromatic nitrogens is 1. The number of pyridine rings is 1. The Balaban J connectivity index is 1.78. The first kappa shape index (κ1) is 20.2. The highest BCUT2D eigenvalue weighted by molar-refractivity contribution is 6.09. The molecule has 0 aliphatic carbocycles. The van der Waals surface area contributed by atoms with E-state index in [-0.39, 0.29) is 5.78 Å². The van der Waals surface area contributed by atoms with Crippen LogP contribution >= 0.6 is 0 Å². The van der Waals surface area contributed by atoms with Gasteiger partial charge in [0.25, 0.3) is 0 Å². The van der Waals surface area contributed by atoms with E-state index in [4.69, 9.17) is 4.74 Å².